The van der Waals surface area contributed by atoms with Gasteiger partial charge in [0.15, 0.2) is 0 Å². The molecule has 1 aromatic carbocycles. The van der Waals surface area contributed by atoms with Crippen LogP contribution in [0.5, 0.6) is 5.75 Å². The molecule has 0 saturated carbocycles. The number of nitrogens with one attached hydrogen (secondary N) is 1. The van der Waals surface area contributed by atoms with Crippen molar-refractivity contribution in [2.45, 2.75) is 26.4 Å². The number of benzene rings is 1. The van der Waals surface area contributed by atoms with Gasteiger partial charge in [-0.3, -0.25) is 10.2 Å². The zero-order valence-electron chi connectivity index (χ0n) is 9.29. The standard InChI is InChI=1S/C11H15ClN2O2/c1-3-7(2)16-10-5-4-8(12)6-9(10)11(15)14-13/h4-7H,3,13H2,1-2H3,(H,14,15). The Morgan fingerprint density at radius 2 is 2.31 bits per heavy atom. The molecule has 0 aromatic heterocycles. The van der Waals surface area contributed by atoms with E-state index in [1.165, 1.54) is 6.07 Å². The molecule has 5 heteroatoms. The molecule has 0 aliphatic carbocycles. The number of nitrogens with two attached hydrogens (primary N) is 1. The van der Waals surface area contributed by atoms with E-state index in [0.29, 0.717) is 16.3 Å². The van der Waals surface area contributed by atoms with Crippen molar-refractivity contribution >= 4 is 17.5 Å². The normalized spacial score (nSPS) is 12.0. The number of hydrogen-bond acceptors (Lipinski definition) is 3. The second kappa shape index (κ2) is 5.72. The van der Waals surface area contributed by atoms with Gasteiger partial charge in [0.05, 0.1) is 11.7 Å². The Kier molecular flexibility index (Phi) is 4.58. The number of rotatable bonds is 4. The molecule has 4 nitrogen and oxygen atoms in total. The van der Waals surface area contributed by atoms with Crippen LogP contribution in [0.4, 0.5) is 0 Å². The van der Waals surface area contributed by atoms with Gasteiger partial charge >= 0.3 is 0 Å². The third kappa shape index (κ3) is 3.12. The van der Waals surface area contributed by atoms with E-state index in [2.05, 4.69) is 5.43 Å². The fraction of sp³-hybridized carbons (Fsp3) is 0.364. The number of hydrogen-bond donors (Lipinski definition) is 2. The minimum absolute atomic E-state index is 0.0329. The maximum atomic E-state index is 11.5. The lowest BCUT2D eigenvalue weighted by atomic mass is 10.2. The summed E-state index contributed by atoms with van der Waals surface area (Å²) in [6.45, 7) is 3.93. The first-order valence-electron chi connectivity index (χ1n) is 5.05. The summed E-state index contributed by atoms with van der Waals surface area (Å²) in [5, 5.41) is 0.468. The average Bonchev–Trinajstić information content (AvgIpc) is 2.30. The summed E-state index contributed by atoms with van der Waals surface area (Å²) in [5.41, 5.74) is 2.41. The van der Waals surface area contributed by atoms with Crippen LogP contribution in [-0.4, -0.2) is 12.0 Å². The van der Waals surface area contributed by atoms with E-state index >= 15 is 0 Å². The summed E-state index contributed by atoms with van der Waals surface area (Å²) in [5.74, 6) is 5.16. The Bertz CT molecular complexity index is 382. The van der Waals surface area contributed by atoms with E-state index in [1.54, 1.807) is 12.1 Å². The highest BCUT2D eigenvalue weighted by Crippen LogP contribution is 2.24. The maximum Gasteiger partial charge on any atom is 0.268 e. The molecule has 3 N–H and O–H groups in total. The van der Waals surface area contributed by atoms with Crippen LogP contribution in [0.2, 0.25) is 5.02 Å². The molecule has 0 fully saturated rings. The van der Waals surface area contributed by atoms with Crippen LogP contribution < -0.4 is 16.0 Å². The summed E-state index contributed by atoms with van der Waals surface area (Å²) >= 11 is 5.81. The predicted molar refractivity (Wildman–Crippen MR) is 63.5 cm³/mol. The molecule has 1 aromatic rings. The second-order valence-corrected chi connectivity index (χ2v) is 3.89. The second-order valence-electron chi connectivity index (χ2n) is 3.45. The zero-order valence-corrected chi connectivity index (χ0v) is 10.0. The van der Waals surface area contributed by atoms with Crippen LogP contribution in [0, 0.1) is 0 Å². The third-order valence-corrected chi connectivity index (χ3v) is 2.46. The summed E-state index contributed by atoms with van der Waals surface area (Å²) in [6.07, 6.45) is 0.886. The van der Waals surface area contributed by atoms with E-state index in [1.807, 2.05) is 13.8 Å². The first-order chi connectivity index (χ1) is 7.58. The largest absolute Gasteiger partial charge is 0.490 e. The van der Waals surface area contributed by atoms with Gasteiger partial charge in [0.25, 0.3) is 5.91 Å². The zero-order chi connectivity index (χ0) is 12.1. The number of nitrogen functional groups attached to an aromatic ring is 1. The van der Waals surface area contributed by atoms with Crippen molar-refractivity contribution in [1.82, 2.24) is 5.43 Å². The molecule has 16 heavy (non-hydrogen) atoms. The van der Waals surface area contributed by atoms with Gasteiger partial charge in [0, 0.05) is 5.02 Å². The van der Waals surface area contributed by atoms with Crippen LogP contribution in [0.3, 0.4) is 0 Å². The minimum atomic E-state index is -0.416. The number of amides is 1. The van der Waals surface area contributed by atoms with E-state index in [9.17, 15) is 4.79 Å². The first kappa shape index (κ1) is 12.8. The Hall–Kier alpha value is -1.26. The number of ether oxygens (including phenoxy) is 1. The van der Waals surface area contributed by atoms with E-state index < -0.39 is 5.91 Å². The Morgan fingerprint density at radius 1 is 1.62 bits per heavy atom. The molecule has 1 amide bonds. The first-order valence-corrected chi connectivity index (χ1v) is 5.43. The number of carbonyl (C=O) groups is 1. The minimum Gasteiger partial charge on any atom is -0.490 e. The van der Waals surface area contributed by atoms with Gasteiger partial charge in [-0.2, -0.15) is 0 Å². The summed E-state index contributed by atoms with van der Waals surface area (Å²) in [4.78, 5) is 11.5. The van der Waals surface area contributed by atoms with Crippen LogP contribution in [0.25, 0.3) is 0 Å². The molecule has 1 atom stereocenters. The van der Waals surface area contributed by atoms with Gasteiger partial charge in [-0.05, 0) is 31.5 Å². The van der Waals surface area contributed by atoms with Gasteiger partial charge in [0.2, 0.25) is 0 Å². The SMILES string of the molecule is CCC(C)Oc1ccc(Cl)cc1C(=O)NN. The van der Waals surface area contributed by atoms with Crippen molar-refractivity contribution in [2.24, 2.45) is 5.84 Å². The van der Waals surface area contributed by atoms with Gasteiger partial charge < -0.3 is 4.74 Å². The average molecular weight is 243 g/mol. The van der Waals surface area contributed by atoms with Crippen LogP contribution >= 0.6 is 11.6 Å². The number of carbonyl (C=O) groups excluding carboxylic acids is 1. The molecule has 0 aliphatic heterocycles. The van der Waals surface area contributed by atoms with Crippen molar-refractivity contribution in [3.8, 4) is 5.75 Å². The van der Waals surface area contributed by atoms with Crippen molar-refractivity contribution < 1.29 is 9.53 Å². The predicted octanol–water partition coefficient (Wildman–Crippen LogP) is 2.12. The highest BCUT2D eigenvalue weighted by molar-refractivity contribution is 6.31. The van der Waals surface area contributed by atoms with E-state index in [-0.39, 0.29) is 6.10 Å². The fourth-order valence-electron chi connectivity index (χ4n) is 1.16. The molecule has 88 valence electrons. The van der Waals surface area contributed by atoms with Crippen LogP contribution in [0.1, 0.15) is 30.6 Å². The molecular weight excluding hydrogens is 228 g/mol. The lowest BCUT2D eigenvalue weighted by molar-refractivity contribution is 0.0947. The smallest absolute Gasteiger partial charge is 0.268 e. The molecule has 0 saturated heterocycles. The number of halogens is 1. The van der Waals surface area contributed by atoms with E-state index in [4.69, 9.17) is 22.2 Å². The van der Waals surface area contributed by atoms with Crippen molar-refractivity contribution in [3.63, 3.8) is 0 Å². The molecule has 0 bridgehead atoms. The monoisotopic (exact) mass is 242 g/mol. The molecule has 0 aliphatic rings. The molecule has 0 radical (unpaired) electrons. The van der Waals surface area contributed by atoms with Gasteiger partial charge in [-0.15, -0.1) is 0 Å². The molecule has 1 rings (SSSR count). The number of hydrazine groups is 1. The Morgan fingerprint density at radius 3 is 2.88 bits per heavy atom. The van der Waals surface area contributed by atoms with Crippen LogP contribution in [0.15, 0.2) is 18.2 Å². The van der Waals surface area contributed by atoms with E-state index in [0.717, 1.165) is 6.42 Å². The molecule has 0 spiro atoms. The quantitative estimate of drug-likeness (QED) is 0.483. The molecular formula is C11H15ClN2O2. The lowest BCUT2D eigenvalue weighted by Crippen LogP contribution is -2.30. The highest BCUT2D eigenvalue weighted by atomic mass is 35.5. The summed E-state index contributed by atoms with van der Waals surface area (Å²) in [6, 6.07) is 4.87. The van der Waals surface area contributed by atoms with Crippen LogP contribution in [-0.2, 0) is 0 Å². The molecule has 0 heterocycles. The fourth-order valence-corrected chi connectivity index (χ4v) is 1.33. The summed E-state index contributed by atoms with van der Waals surface area (Å²) < 4.78 is 5.60. The lowest BCUT2D eigenvalue weighted by Gasteiger charge is -2.15. The van der Waals surface area contributed by atoms with Crippen molar-refractivity contribution in [3.05, 3.63) is 28.8 Å². The van der Waals surface area contributed by atoms with Gasteiger partial charge in [0.1, 0.15) is 5.75 Å². The Labute approximate surface area is 99.7 Å². The topological polar surface area (TPSA) is 64.3 Å². The van der Waals surface area contributed by atoms with Crippen molar-refractivity contribution in [2.75, 3.05) is 0 Å². The summed E-state index contributed by atoms with van der Waals surface area (Å²) in [7, 11) is 0. The van der Waals surface area contributed by atoms with Crippen molar-refractivity contribution in [1.29, 1.82) is 0 Å². The maximum absolute atomic E-state index is 11.5. The Balaban J connectivity index is 3.02. The third-order valence-electron chi connectivity index (χ3n) is 2.22. The highest BCUT2D eigenvalue weighted by Gasteiger charge is 2.13. The van der Waals surface area contributed by atoms with Gasteiger partial charge in [-0.1, -0.05) is 18.5 Å². The molecule has 1 unspecified atom stereocenters. The van der Waals surface area contributed by atoms with Gasteiger partial charge in [-0.25, -0.2) is 5.84 Å².